The summed E-state index contributed by atoms with van der Waals surface area (Å²) in [6, 6.07) is 4.88. The number of carboxylic acid groups (broad SMARTS) is 1. The molecule has 1 aromatic carbocycles. The first-order valence-electron chi connectivity index (χ1n) is 4.43. The van der Waals surface area contributed by atoms with E-state index < -0.39 is 5.97 Å². The minimum absolute atomic E-state index is 0.196. The number of aromatic carboxylic acids is 1. The van der Waals surface area contributed by atoms with Crippen molar-refractivity contribution in [3.63, 3.8) is 0 Å². The highest BCUT2D eigenvalue weighted by Crippen LogP contribution is 2.19. The van der Waals surface area contributed by atoms with E-state index in [1.807, 2.05) is 0 Å². The van der Waals surface area contributed by atoms with Gasteiger partial charge in [0.25, 0.3) is 0 Å². The number of carboxylic acids is 1. The number of benzene rings is 1. The first kappa shape index (κ1) is 9.67. The molecule has 2 aromatic rings. The van der Waals surface area contributed by atoms with Gasteiger partial charge in [-0.1, -0.05) is 6.07 Å². The zero-order valence-corrected chi connectivity index (χ0v) is 8.14. The van der Waals surface area contributed by atoms with Crippen LogP contribution in [0.4, 0.5) is 0 Å². The van der Waals surface area contributed by atoms with Gasteiger partial charge in [-0.25, -0.2) is 9.78 Å². The van der Waals surface area contributed by atoms with Crippen molar-refractivity contribution < 1.29 is 15.0 Å². The molecule has 0 unspecified atom stereocenters. The zero-order valence-electron chi connectivity index (χ0n) is 8.14. The van der Waals surface area contributed by atoms with E-state index in [-0.39, 0.29) is 12.2 Å². The van der Waals surface area contributed by atoms with E-state index in [0.29, 0.717) is 16.9 Å². The maximum atomic E-state index is 11.0. The second kappa shape index (κ2) is 3.36. The van der Waals surface area contributed by atoms with Crippen LogP contribution in [0.15, 0.2) is 18.2 Å². The molecular formula is C10H10N2O3. The van der Waals surface area contributed by atoms with E-state index in [0.717, 1.165) is 0 Å². The van der Waals surface area contributed by atoms with Crippen molar-refractivity contribution in [2.75, 3.05) is 0 Å². The van der Waals surface area contributed by atoms with E-state index in [4.69, 9.17) is 10.2 Å². The van der Waals surface area contributed by atoms with Crippen molar-refractivity contribution in [1.29, 1.82) is 0 Å². The highest BCUT2D eigenvalue weighted by Gasteiger charge is 2.14. The average molecular weight is 206 g/mol. The molecule has 1 heterocycles. The van der Waals surface area contributed by atoms with Crippen LogP contribution in [0.2, 0.25) is 0 Å². The normalized spacial score (nSPS) is 10.8. The lowest BCUT2D eigenvalue weighted by Gasteiger charge is -2.01. The number of rotatable bonds is 2. The Labute approximate surface area is 85.6 Å². The molecule has 0 aliphatic rings. The lowest BCUT2D eigenvalue weighted by molar-refractivity contribution is 0.0698. The number of hydrogen-bond acceptors (Lipinski definition) is 3. The molecule has 1 aromatic heterocycles. The number of aryl methyl sites for hydroxylation is 1. The van der Waals surface area contributed by atoms with Gasteiger partial charge < -0.3 is 14.8 Å². The maximum absolute atomic E-state index is 11.0. The standard InChI is InChI=1S/C10H10N2O3/c1-12-8(5-13)11-7-4-2-3-6(9(7)12)10(14)15/h2-4,13H,5H2,1H3,(H,14,15). The van der Waals surface area contributed by atoms with E-state index >= 15 is 0 Å². The Morgan fingerprint density at radius 2 is 2.27 bits per heavy atom. The zero-order chi connectivity index (χ0) is 11.0. The van der Waals surface area contributed by atoms with Crippen molar-refractivity contribution in [3.05, 3.63) is 29.6 Å². The van der Waals surface area contributed by atoms with Crippen molar-refractivity contribution in [2.45, 2.75) is 6.61 Å². The molecule has 0 bridgehead atoms. The fraction of sp³-hybridized carbons (Fsp3) is 0.200. The van der Waals surface area contributed by atoms with E-state index in [1.165, 1.54) is 6.07 Å². The van der Waals surface area contributed by atoms with Crippen molar-refractivity contribution >= 4 is 17.0 Å². The summed E-state index contributed by atoms with van der Waals surface area (Å²) >= 11 is 0. The van der Waals surface area contributed by atoms with Gasteiger partial charge in [0.15, 0.2) is 0 Å². The Hall–Kier alpha value is -1.88. The average Bonchev–Trinajstić information content (AvgIpc) is 2.55. The summed E-state index contributed by atoms with van der Waals surface area (Å²) in [5.41, 5.74) is 1.32. The van der Waals surface area contributed by atoms with Crippen LogP contribution >= 0.6 is 0 Å². The van der Waals surface area contributed by atoms with Crippen LogP contribution < -0.4 is 0 Å². The molecule has 0 spiro atoms. The Morgan fingerprint density at radius 1 is 1.53 bits per heavy atom. The molecule has 0 aliphatic heterocycles. The Kier molecular flexibility index (Phi) is 2.17. The molecule has 0 atom stereocenters. The minimum Gasteiger partial charge on any atom is -0.478 e. The van der Waals surface area contributed by atoms with E-state index in [2.05, 4.69) is 4.98 Å². The summed E-state index contributed by atoms with van der Waals surface area (Å²) in [5.74, 6) is -0.535. The summed E-state index contributed by atoms with van der Waals surface area (Å²) in [6.07, 6.45) is 0. The number of fused-ring (bicyclic) bond motifs is 1. The molecular weight excluding hydrogens is 196 g/mol. The number of nitrogens with zero attached hydrogens (tertiary/aromatic N) is 2. The molecule has 15 heavy (non-hydrogen) atoms. The topological polar surface area (TPSA) is 75.3 Å². The summed E-state index contributed by atoms with van der Waals surface area (Å²) in [5, 5.41) is 18.0. The third-order valence-corrected chi connectivity index (χ3v) is 2.36. The van der Waals surface area contributed by atoms with Crippen LogP contribution in [0.5, 0.6) is 0 Å². The van der Waals surface area contributed by atoms with E-state index in [9.17, 15) is 4.79 Å². The number of aliphatic hydroxyl groups excluding tert-OH is 1. The second-order valence-electron chi connectivity index (χ2n) is 3.22. The van der Waals surface area contributed by atoms with Crippen LogP contribution in [-0.2, 0) is 13.7 Å². The van der Waals surface area contributed by atoms with Gasteiger partial charge in [0.05, 0.1) is 16.6 Å². The maximum Gasteiger partial charge on any atom is 0.337 e. The molecule has 0 saturated heterocycles. The summed E-state index contributed by atoms with van der Waals surface area (Å²) in [7, 11) is 1.69. The second-order valence-corrected chi connectivity index (χ2v) is 3.22. The lowest BCUT2D eigenvalue weighted by atomic mass is 10.2. The molecule has 0 radical (unpaired) electrons. The van der Waals surface area contributed by atoms with Crippen LogP contribution in [-0.4, -0.2) is 25.7 Å². The smallest absolute Gasteiger partial charge is 0.337 e. The minimum atomic E-state index is -0.993. The van der Waals surface area contributed by atoms with Gasteiger partial charge in [0.2, 0.25) is 0 Å². The van der Waals surface area contributed by atoms with Crippen molar-refractivity contribution in [1.82, 2.24) is 9.55 Å². The highest BCUT2D eigenvalue weighted by molar-refractivity contribution is 6.01. The number of carbonyl (C=O) groups is 1. The number of imidazole rings is 1. The van der Waals surface area contributed by atoms with Crippen LogP contribution in [0.3, 0.4) is 0 Å². The first-order chi connectivity index (χ1) is 7.15. The lowest BCUT2D eigenvalue weighted by Crippen LogP contribution is -2.02. The molecule has 0 fully saturated rings. The molecule has 5 heteroatoms. The van der Waals surface area contributed by atoms with Crippen molar-refractivity contribution in [2.24, 2.45) is 7.05 Å². The number of para-hydroxylation sites is 1. The predicted octanol–water partition coefficient (Wildman–Crippen LogP) is 0.764. The molecule has 78 valence electrons. The Bertz CT molecular complexity index is 531. The molecule has 2 rings (SSSR count). The first-order valence-corrected chi connectivity index (χ1v) is 4.43. The molecule has 0 amide bonds. The molecule has 0 saturated carbocycles. The van der Waals surface area contributed by atoms with Gasteiger partial charge in [0.1, 0.15) is 12.4 Å². The SMILES string of the molecule is Cn1c(CO)nc2cccc(C(=O)O)c21. The predicted molar refractivity (Wildman–Crippen MR) is 53.6 cm³/mol. The summed E-state index contributed by atoms with van der Waals surface area (Å²) < 4.78 is 1.60. The molecule has 5 nitrogen and oxygen atoms in total. The quantitative estimate of drug-likeness (QED) is 0.760. The van der Waals surface area contributed by atoms with E-state index in [1.54, 1.807) is 23.7 Å². The van der Waals surface area contributed by atoms with Gasteiger partial charge in [0, 0.05) is 7.05 Å². The largest absolute Gasteiger partial charge is 0.478 e. The fourth-order valence-electron chi connectivity index (χ4n) is 1.63. The highest BCUT2D eigenvalue weighted by atomic mass is 16.4. The Morgan fingerprint density at radius 3 is 2.87 bits per heavy atom. The Balaban J connectivity index is 2.84. The van der Waals surface area contributed by atoms with Gasteiger partial charge in [-0.3, -0.25) is 0 Å². The summed E-state index contributed by atoms with van der Waals surface area (Å²) in [4.78, 5) is 15.1. The van der Waals surface area contributed by atoms with Crippen LogP contribution in [0.1, 0.15) is 16.2 Å². The molecule has 0 aliphatic carbocycles. The van der Waals surface area contributed by atoms with Gasteiger partial charge in [-0.15, -0.1) is 0 Å². The van der Waals surface area contributed by atoms with Gasteiger partial charge in [-0.05, 0) is 12.1 Å². The number of aliphatic hydroxyl groups is 1. The monoisotopic (exact) mass is 206 g/mol. The number of aromatic nitrogens is 2. The third-order valence-electron chi connectivity index (χ3n) is 2.36. The fourth-order valence-corrected chi connectivity index (χ4v) is 1.63. The van der Waals surface area contributed by atoms with Gasteiger partial charge in [-0.2, -0.15) is 0 Å². The number of hydrogen-bond donors (Lipinski definition) is 2. The summed E-state index contributed by atoms with van der Waals surface area (Å²) in [6.45, 7) is -0.204. The van der Waals surface area contributed by atoms with Crippen molar-refractivity contribution in [3.8, 4) is 0 Å². The molecule has 2 N–H and O–H groups in total. The van der Waals surface area contributed by atoms with Crippen LogP contribution in [0, 0.1) is 0 Å². The van der Waals surface area contributed by atoms with Gasteiger partial charge >= 0.3 is 5.97 Å². The third kappa shape index (κ3) is 1.37. The van der Waals surface area contributed by atoms with Crippen LogP contribution in [0.25, 0.3) is 11.0 Å².